The van der Waals surface area contributed by atoms with Crippen LogP contribution in [0.2, 0.25) is 5.02 Å². The third kappa shape index (κ3) is 3.80. The summed E-state index contributed by atoms with van der Waals surface area (Å²) in [5, 5.41) is 1.26. The van der Waals surface area contributed by atoms with Gasteiger partial charge in [0.1, 0.15) is 0 Å². The van der Waals surface area contributed by atoms with Gasteiger partial charge in [-0.1, -0.05) is 46.9 Å². The monoisotopic (exact) mass is 304 g/mol. The Labute approximate surface area is 109 Å². The van der Waals surface area contributed by atoms with Crippen molar-refractivity contribution in [3.05, 3.63) is 34.3 Å². The molecule has 0 atom stereocenters. The van der Waals surface area contributed by atoms with Crippen LogP contribution in [0.4, 0.5) is 0 Å². The van der Waals surface area contributed by atoms with Gasteiger partial charge in [0, 0.05) is 10.4 Å². The van der Waals surface area contributed by atoms with Gasteiger partial charge in [0.15, 0.2) is 0 Å². The minimum Gasteiger partial charge on any atom is -0.462 e. The van der Waals surface area contributed by atoms with Crippen molar-refractivity contribution in [1.29, 1.82) is 0 Å². The molecule has 0 aliphatic rings. The van der Waals surface area contributed by atoms with Crippen molar-refractivity contribution in [3.63, 3.8) is 0 Å². The number of hydrogen-bond acceptors (Lipinski definition) is 2. The fourth-order valence-corrected chi connectivity index (χ4v) is 2.07. The summed E-state index contributed by atoms with van der Waals surface area (Å²) in [5.74, 6) is -0.309. The Hall–Kier alpha value is -0.540. The first-order valence-corrected chi connectivity index (χ1v) is 6.70. The van der Waals surface area contributed by atoms with Crippen molar-refractivity contribution in [2.24, 2.45) is 0 Å². The molecule has 0 unspecified atom stereocenters. The number of carbonyl (C=O) groups is 1. The quantitative estimate of drug-likeness (QED) is 0.463. The van der Waals surface area contributed by atoms with E-state index in [-0.39, 0.29) is 5.97 Å². The molecule has 1 aromatic rings. The third-order valence-corrected chi connectivity index (χ3v) is 3.12. The van der Waals surface area contributed by atoms with Crippen molar-refractivity contribution in [1.82, 2.24) is 0 Å². The zero-order valence-electron chi connectivity index (χ0n) is 9.13. The first-order chi connectivity index (χ1) is 7.69. The largest absolute Gasteiger partial charge is 0.462 e. The maximum Gasteiger partial charge on any atom is 0.338 e. The van der Waals surface area contributed by atoms with Crippen LogP contribution in [-0.2, 0) is 10.1 Å². The molecular formula is C12H14BrClO2. The summed E-state index contributed by atoms with van der Waals surface area (Å²) in [6, 6.07) is 5.21. The highest BCUT2D eigenvalue weighted by atomic mass is 79.9. The molecular weight excluding hydrogens is 291 g/mol. The Morgan fingerprint density at radius 2 is 2.25 bits per heavy atom. The molecule has 2 nitrogen and oxygen atoms in total. The molecule has 0 amide bonds. The number of benzene rings is 1. The first-order valence-electron chi connectivity index (χ1n) is 5.20. The highest BCUT2D eigenvalue weighted by Gasteiger charge is 2.09. The van der Waals surface area contributed by atoms with Crippen LogP contribution in [0.5, 0.6) is 0 Å². The van der Waals surface area contributed by atoms with Gasteiger partial charge in [-0.05, 0) is 24.1 Å². The molecule has 4 heteroatoms. The number of unbranched alkanes of at least 4 members (excludes halogenated alkanes) is 1. The maximum atomic E-state index is 11.6. The Balaban J connectivity index is 2.66. The summed E-state index contributed by atoms with van der Waals surface area (Å²) in [4.78, 5) is 11.6. The summed E-state index contributed by atoms with van der Waals surface area (Å²) in [6.45, 7) is 2.52. The van der Waals surface area contributed by atoms with Gasteiger partial charge >= 0.3 is 5.97 Å². The summed E-state index contributed by atoms with van der Waals surface area (Å²) in [5.41, 5.74) is 1.47. The van der Waals surface area contributed by atoms with Crippen LogP contribution in [0, 0.1) is 0 Å². The number of esters is 1. The molecule has 0 heterocycles. The second-order valence-electron chi connectivity index (χ2n) is 3.43. The fourth-order valence-electron chi connectivity index (χ4n) is 1.18. The van der Waals surface area contributed by atoms with Crippen LogP contribution in [0.3, 0.4) is 0 Å². The van der Waals surface area contributed by atoms with E-state index in [9.17, 15) is 4.79 Å². The van der Waals surface area contributed by atoms with Crippen LogP contribution in [0.1, 0.15) is 35.7 Å². The Kier molecular flexibility index (Phi) is 5.85. The Morgan fingerprint density at radius 3 is 2.81 bits per heavy atom. The standard InChI is InChI=1S/C12H14BrClO2/c1-2-3-6-16-12(15)9-4-5-10(8-13)11(14)7-9/h4-5,7H,2-3,6,8H2,1H3. The lowest BCUT2D eigenvalue weighted by molar-refractivity contribution is 0.0500. The Morgan fingerprint density at radius 1 is 1.50 bits per heavy atom. The van der Waals surface area contributed by atoms with Crippen LogP contribution >= 0.6 is 27.5 Å². The van der Waals surface area contributed by atoms with Crippen LogP contribution < -0.4 is 0 Å². The number of hydrogen-bond donors (Lipinski definition) is 0. The molecule has 1 aromatic carbocycles. The van der Waals surface area contributed by atoms with E-state index in [2.05, 4.69) is 22.9 Å². The molecule has 0 aliphatic heterocycles. The molecule has 16 heavy (non-hydrogen) atoms. The van der Waals surface area contributed by atoms with Gasteiger partial charge in [-0.3, -0.25) is 0 Å². The minimum absolute atomic E-state index is 0.309. The minimum atomic E-state index is -0.309. The number of alkyl halides is 1. The number of ether oxygens (including phenoxy) is 1. The first kappa shape index (κ1) is 13.5. The SMILES string of the molecule is CCCCOC(=O)c1ccc(CBr)c(Cl)c1. The highest BCUT2D eigenvalue weighted by molar-refractivity contribution is 9.08. The van der Waals surface area contributed by atoms with E-state index in [0.29, 0.717) is 22.5 Å². The van der Waals surface area contributed by atoms with Crippen molar-refractivity contribution >= 4 is 33.5 Å². The van der Waals surface area contributed by atoms with Gasteiger partial charge in [-0.15, -0.1) is 0 Å². The predicted molar refractivity (Wildman–Crippen MR) is 69.3 cm³/mol. The molecule has 0 radical (unpaired) electrons. The Bertz CT molecular complexity index is 366. The zero-order valence-corrected chi connectivity index (χ0v) is 11.5. The van der Waals surface area contributed by atoms with Gasteiger partial charge in [-0.2, -0.15) is 0 Å². The molecule has 88 valence electrons. The molecule has 0 spiro atoms. The summed E-state index contributed by atoms with van der Waals surface area (Å²) < 4.78 is 5.09. The lowest BCUT2D eigenvalue weighted by atomic mass is 10.1. The lowest BCUT2D eigenvalue weighted by Crippen LogP contribution is -2.06. The third-order valence-electron chi connectivity index (χ3n) is 2.16. The molecule has 0 bridgehead atoms. The second-order valence-corrected chi connectivity index (χ2v) is 4.40. The van der Waals surface area contributed by atoms with Gasteiger partial charge in [0.2, 0.25) is 0 Å². The molecule has 0 fully saturated rings. The van der Waals surface area contributed by atoms with E-state index < -0.39 is 0 Å². The summed E-state index contributed by atoms with van der Waals surface area (Å²) in [7, 11) is 0. The normalized spacial score (nSPS) is 10.2. The second kappa shape index (κ2) is 6.92. The fraction of sp³-hybridized carbons (Fsp3) is 0.417. The van der Waals surface area contributed by atoms with E-state index in [1.54, 1.807) is 12.1 Å². The van der Waals surface area contributed by atoms with Crippen molar-refractivity contribution in [3.8, 4) is 0 Å². The van der Waals surface area contributed by atoms with Gasteiger partial charge in [0.25, 0.3) is 0 Å². The van der Waals surface area contributed by atoms with Gasteiger partial charge < -0.3 is 4.74 Å². The molecule has 0 aliphatic carbocycles. The molecule has 0 N–H and O–H groups in total. The van der Waals surface area contributed by atoms with Crippen molar-refractivity contribution in [2.75, 3.05) is 6.61 Å². The number of rotatable bonds is 5. The molecule has 0 saturated heterocycles. The maximum absolute atomic E-state index is 11.6. The highest BCUT2D eigenvalue weighted by Crippen LogP contribution is 2.20. The predicted octanol–water partition coefficient (Wildman–Crippen LogP) is 4.19. The average Bonchev–Trinajstić information content (AvgIpc) is 2.29. The van der Waals surface area contributed by atoms with E-state index >= 15 is 0 Å². The zero-order chi connectivity index (χ0) is 12.0. The topological polar surface area (TPSA) is 26.3 Å². The summed E-state index contributed by atoms with van der Waals surface area (Å²) >= 11 is 9.32. The number of carbonyl (C=O) groups excluding carboxylic acids is 1. The molecule has 1 rings (SSSR count). The lowest BCUT2D eigenvalue weighted by Gasteiger charge is -2.05. The molecule has 0 saturated carbocycles. The smallest absolute Gasteiger partial charge is 0.338 e. The molecule has 0 aromatic heterocycles. The van der Waals surface area contributed by atoms with Gasteiger partial charge in [0.05, 0.1) is 12.2 Å². The van der Waals surface area contributed by atoms with E-state index in [1.165, 1.54) is 0 Å². The van der Waals surface area contributed by atoms with Crippen LogP contribution in [-0.4, -0.2) is 12.6 Å². The van der Waals surface area contributed by atoms with E-state index in [0.717, 1.165) is 18.4 Å². The van der Waals surface area contributed by atoms with Gasteiger partial charge in [-0.25, -0.2) is 4.79 Å². The van der Waals surface area contributed by atoms with E-state index in [4.69, 9.17) is 16.3 Å². The average molecular weight is 306 g/mol. The van der Waals surface area contributed by atoms with Crippen LogP contribution in [0.25, 0.3) is 0 Å². The van der Waals surface area contributed by atoms with Crippen molar-refractivity contribution in [2.45, 2.75) is 25.1 Å². The van der Waals surface area contributed by atoms with Crippen LogP contribution in [0.15, 0.2) is 18.2 Å². The number of halogens is 2. The van der Waals surface area contributed by atoms with E-state index in [1.807, 2.05) is 6.07 Å². The summed E-state index contributed by atoms with van der Waals surface area (Å²) in [6.07, 6.45) is 1.90. The van der Waals surface area contributed by atoms with Crippen molar-refractivity contribution < 1.29 is 9.53 Å².